The van der Waals surface area contributed by atoms with Gasteiger partial charge in [-0.2, -0.15) is 4.98 Å². The van der Waals surface area contributed by atoms with Crippen LogP contribution in [0.4, 0.5) is 11.6 Å². The zero-order chi connectivity index (χ0) is 21.2. The molecule has 2 fully saturated rings. The molecule has 0 aromatic carbocycles. The SMILES string of the molecule is Cc1cc(Cc2cnc3c(N)nc(OCC4CCOC4)nn23)cnc1N1CCNCC1. The Hall–Kier alpha value is -2.98. The van der Waals surface area contributed by atoms with Gasteiger partial charge in [0.25, 0.3) is 0 Å². The summed E-state index contributed by atoms with van der Waals surface area (Å²) in [4.78, 5) is 15.7. The second-order valence-corrected chi connectivity index (χ2v) is 8.20. The molecule has 0 amide bonds. The van der Waals surface area contributed by atoms with E-state index < -0.39 is 0 Å². The van der Waals surface area contributed by atoms with Crippen molar-refractivity contribution in [3.8, 4) is 6.01 Å². The Morgan fingerprint density at radius 3 is 2.90 bits per heavy atom. The van der Waals surface area contributed by atoms with Gasteiger partial charge in [-0.15, -0.1) is 5.10 Å². The first-order valence-electron chi connectivity index (χ1n) is 10.8. The number of ether oxygens (including phenoxy) is 2. The molecular formula is C21H28N8O2. The van der Waals surface area contributed by atoms with Crippen LogP contribution < -0.4 is 20.7 Å². The van der Waals surface area contributed by atoms with Gasteiger partial charge in [0.05, 0.1) is 25.1 Å². The van der Waals surface area contributed by atoms with Gasteiger partial charge in [0, 0.05) is 51.3 Å². The molecule has 10 nitrogen and oxygen atoms in total. The van der Waals surface area contributed by atoms with Gasteiger partial charge in [0.1, 0.15) is 5.82 Å². The number of hydrogen-bond donors (Lipinski definition) is 2. The summed E-state index contributed by atoms with van der Waals surface area (Å²) in [6.45, 7) is 8.06. The quantitative estimate of drug-likeness (QED) is 0.593. The molecule has 0 bridgehead atoms. The summed E-state index contributed by atoms with van der Waals surface area (Å²) in [7, 11) is 0. The minimum absolute atomic E-state index is 0.263. The molecule has 31 heavy (non-hydrogen) atoms. The molecule has 0 aliphatic carbocycles. The fourth-order valence-corrected chi connectivity index (χ4v) is 4.16. The van der Waals surface area contributed by atoms with Crippen molar-refractivity contribution in [3.63, 3.8) is 0 Å². The van der Waals surface area contributed by atoms with Crippen molar-refractivity contribution in [2.75, 3.05) is 56.6 Å². The van der Waals surface area contributed by atoms with E-state index in [2.05, 4.69) is 38.3 Å². The number of pyridine rings is 1. The molecule has 2 aliphatic heterocycles. The number of nitrogens with two attached hydrogens (primary N) is 1. The smallest absolute Gasteiger partial charge is 0.336 e. The lowest BCUT2D eigenvalue weighted by atomic mass is 10.1. The van der Waals surface area contributed by atoms with E-state index in [-0.39, 0.29) is 6.01 Å². The largest absolute Gasteiger partial charge is 0.462 e. The van der Waals surface area contributed by atoms with E-state index in [1.165, 1.54) is 5.56 Å². The van der Waals surface area contributed by atoms with Gasteiger partial charge in [-0.25, -0.2) is 14.5 Å². The molecule has 5 rings (SSSR count). The van der Waals surface area contributed by atoms with E-state index >= 15 is 0 Å². The summed E-state index contributed by atoms with van der Waals surface area (Å²) in [5, 5.41) is 7.91. The Morgan fingerprint density at radius 1 is 1.26 bits per heavy atom. The monoisotopic (exact) mass is 424 g/mol. The minimum Gasteiger partial charge on any atom is -0.462 e. The third-order valence-corrected chi connectivity index (χ3v) is 5.82. The molecule has 1 atom stereocenters. The lowest BCUT2D eigenvalue weighted by Gasteiger charge is -2.29. The zero-order valence-corrected chi connectivity index (χ0v) is 17.8. The average Bonchev–Trinajstić information content (AvgIpc) is 3.44. The van der Waals surface area contributed by atoms with Crippen LogP contribution in [0.3, 0.4) is 0 Å². The maximum Gasteiger partial charge on any atom is 0.336 e. The van der Waals surface area contributed by atoms with Crippen LogP contribution in [0.15, 0.2) is 18.5 Å². The highest BCUT2D eigenvalue weighted by Crippen LogP contribution is 2.22. The van der Waals surface area contributed by atoms with Crippen molar-refractivity contribution in [3.05, 3.63) is 35.3 Å². The fourth-order valence-electron chi connectivity index (χ4n) is 4.16. The van der Waals surface area contributed by atoms with E-state index in [9.17, 15) is 0 Å². The van der Waals surface area contributed by atoms with Crippen LogP contribution in [0, 0.1) is 12.8 Å². The van der Waals surface area contributed by atoms with E-state index in [0.29, 0.717) is 37.0 Å². The average molecular weight is 425 g/mol. The molecule has 10 heteroatoms. The van der Waals surface area contributed by atoms with Crippen molar-refractivity contribution < 1.29 is 9.47 Å². The van der Waals surface area contributed by atoms with Gasteiger partial charge in [-0.05, 0) is 24.5 Å². The van der Waals surface area contributed by atoms with Crippen molar-refractivity contribution >= 4 is 17.3 Å². The molecule has 2 saturated heterocycles. The molecule has 1 unspecified atom stereocenters. The van der Waals surface area contributed by atoms with E-state index in [0.717, 1.165) is 56.3 Å². The highest BCUT2D eigenvalue weighted by Gasteiger charge is 2.19. The third kappa shape index (κ3) is 4.26. The number of aryl methyl sites for hydroxylation is 1. The molecule has 0 spiro atoms. The number of imidazole rings is 1. The van der Waals surface area contributed by atoms with Crippen LogP contribution in [0.1, 0.15) is 23.2 Å². The Kier molecular flexibility index (Phi) is 5.56. The van der Waals surface area contributed by atoms with Crippen molar-refractivity contribution in [2.45, 2.75) is 19.8 Å². The van der Waals surface area contributed by atoms with Gasteiger partial charge in [0.15, 0.2) is 11.5 Å². The molecule has 164 valence electrons. The van der Waals surface area contributed by atoms with Gasteiger partial charge < -0.3 is 25.4 Å². The van der Waals surface area contributed by atoms with Crippen LogP contribution in [-0.4, -0.2) is 70.6 Å². The first-order valence-corrected chi connectivity index (χ1v) is 10.8. The number of aromatic nitrogens is 5. The summed E-state index contributed by atoms with van der Waals surface area (Å²) in [6.07, 6.45) is 5.36. The second-order valence-electron chi connectivity index (χ2n) is 8.20. The number of anilines is 2. The highest BCUT2D eigenvalue weighted by atomic mass is 16.5. The standard InChI is InChI=1S/C21H28N8O2/c1-14-8-16(10-24-19(14)28-5-3-23-4-6-28)9-17-11-25-20-18(22)26-21(27-29(17)20)31-13-15-2-7-30-12-15/h8,10-11,15,23H,2-7,9,12-13H2,1H3,(H2,22,26,27). The van der Waals surface area contributed by atoms with Gasteiger partial charge >= 0.3 is 6.01 Å². The number of rotatable bonds is 6. The number of hydrogen-bond acceptors (Lipinski definition) is 9. The number of fused-ring (bicyclic) bond motifs is 1. The summed E-state index contributed by atoms with van der Waals surface area (Å²) in [5.74, 6) is 1.73. The molecule has 3 aromatic rings. The molecule has 3 aromatic heterocycles. The first kappa shape index (κ1) is 20.0. The highest BCUT2D eigenvalue weighted by molar-refractivity contribution is 5.60. The number of piperazine rings is 1. The topological polar surface area (TPSA) is 116 Å². The lowest BCUT2D eigenvalue weighted by Crippen LogP contribution is -2.44. The van der Waals surface area contributed by atoms with Crippen LogP contribution in [0.2, 0.25) is 0 Å². The maximum absolute atomic E-state index is 6.11. The van der Waals surface area contributed by atoms with Crippen LogP contribution in [0.5, 0.6) is 6.01 Å². The number of nitrogens with zero attached hydrogens (tertiary/aromatic N) is 6. The molecule has 5 heterocycles. The Balaban J connectivity index is 1.35. The Labute approximate surface area is 180 Å². The van der Waals surface area contributed by atoms with Crippen molar-refractivity contribution in [1.29, 1.82) is 0 Å². The van der Waals surface area contributed by atoms with Gasteiger partial charge in [0.2, 0.25) is 0 Å². The van der Waals surface area contributed by atoms with E-state index in [4.69, 9.17) is 20.2 Å². The number of nitrogens with one attached hydrogen (secondary N) is 1. The van der Waals surface area contributed by atoms with Crippen LogP contribution >= 0.6 is 0 Å². The van der Waals surface area contributed by atoms with Gasteiger partial charge in [-0.3, -0.25) is 0 Å². The normalized spacial score (nSPS) is 19.3. The lowest BCUT2D eigenvalue weighted by molar-refractivity contribution is 0.163. The predicted octanol–water partition coefficient (Wildman–Crippen LogP) is 0.826. The number of nitrogen functional groups attached to an aromatic ring is 1. The summed E-state index contributed by atoms with van der Waals surface area (Å²) < 4.78 is 12.9. The molecule has 2 aliphatic rings. The van der Waals surface area contributed by atoms with Crippen LogP contribution in [-0.2, 0) is 11.2 Å². The summed E-state index contributed by atoms with van der Waals surface area (Å²) in [5.41, 5.74) is 9.83. The fraction of sp³-hybridized carbons (Fsp3) is 0.524. The maximum atomic E-state index is 6.11. The molecule has 0 radical (unpaired) electrons. The first-order chi connectivity index (χ1) is 15.2. The molecule has 0 saturated carbocycles. The predicted molar refractivity (Wildman–Crippen MR) is 116 cm³/mol. The zero-order valence-electron chi connectivity index (χ0n) is 17.8. The third-order valence-electron chi connectivity index (χ3n) is 5.82. The van der Waals surface area contributed by atoms with E-state index in [1.54, 1.807) is 10.7 Å². The Bertz CT molecular complexity index is 1060. The minimum atomic E-state index is 0.263. The Morgan fingerprint density at radius 2 is 2.13 bits per heavy atom. The summed E-state index contributed by atoms with van der Waals surface area (Å²) >= 11 is 0. The van der Waals surface area contributed by atoms with Gasteiger partial charge in [-0.1, -0.05) is 6.07 Å². The molecular weight excluding hydrogens is 396 g/mol. The van der Waals surface area contributed by atoms with Crippen molar-refractivity contribution in [1.82, 2.24) is 29.9 Å². The molecule has 3 N–H and O–H groups in total. The second kappa shape index (κ2) is 8.64. The summed E-state index contributed by atoms with van der Waals surface area (Å²) in [6, 6.07) is 2.45. The van der Waals surface area contributed by atoms with E-state index in [1.807, 2.05) is 6.20 Å². The van der Waals surface area contributed by atoms with Crippen LogP contribution in [0.25, 0.3) is 5.65 Å². The van der Waals surface area contributed by atoms with Crippen molar-refractivity contribution in [2.24, 2.45) is 5.92 Å².